The highest BCUT2D eigenvalue weighted by molar-refractivity contribution is 5.77. The van der Waals surface area contributed by atoms with E-state index in [1.54, 1.807) is 7.11 Å². The van der Waals surface area contributed by atoms with Crippen LogP contribution in [0.3, 0.4) is 0 Å². The van der Waals surface area contributed by atoms with Crippen LogP contribution in [-0.2, 0) is 14.3 Å². The van der Waals surface area contributed by atoms with Gasteiger partial charge < -0.3 is 20.1 Å². The summed E-state index contributed by atoms with van der Waals surface area (Å²) in [6.07, 6.45) is 0.859. The van der Waals surface area contributed by atoms with Crippen molar-refractivity contribution >= 4 is 5.91 Å². The van der Waals surface area contributed by atoms with E-state index < -0.39 is 0 Å². The molecule has 2 N–H and O–H groups in total. The fourth-order valence-electron chi connectivity index (χ4n) is 0.985. The molecule has 0 radical (unpaired) electrons. The maximum absolute atomic E-state index is 11.2. The first-order valence-corrected chi connectivity index (χ1v) is 5.35. The highest BCUT2D eigenvalue weighted by atomic mass is 16.5. The number of ether oxygens (including phenoxy) is 2. The summed E-state index contributed by atoms with van der Waals surface area (Å²) >= 11 is 0. The minimum absolute atomic E-state index is 0.0163. The molecule has 0 saturated heterocycles. The van der Waals surface area contributed by atoms with E-state index in [-0.39, 0.29) is 5.91 Å². The molecule has 0 heterocycles. The van der Waals surface area contributed by atoms with Crippen molar-refractivity contribution in [1.29, 1.82) is 0 Å². The summed E-state index contributed by atoms with van der Waals surface area (Å²) in [5.41, 5.74) is 0. The van der Waals surface area contributed by atoms with Gasteiger partial charge in [0.2, 0.25) is 5.91 Å². The van der Waals surface area contributed by atoms with E-state index in [0.29, 0.717) is 32.8 Å². The van der Waals surface area contributed by atoms with Crippen LogP contribution in [-0.4, -0.2) is 52.5 Å². The maximum Gasteiger partial charge on any atom is 0.233 e. The van der Waals surface area contributed by atoms with Crippen molar-refractivity contribution in [1.82, 2.24) is 10.6 Å². The molecule has 0 rings (SSSR count). The predicted molar refractivity (Wildman–Crippen MR) is 58.9 cm³/mol. The number of amides is 1. The summed E-state index contributed by atoms with van der Waals surface area (Å²) in [6, 6.07) is 0. The zero-order valence-corrected chi connectivity index (χ0v) is 9.67. The lowest BCUT2D eigenvalue weighted by atomic mass is 10.4. The third kappa shape index (κ3) is 11.3. The Bertz CT molecular complexity index is 154. The summed E-state index contributed by atoms with van der Waals surface area (Å²) in [6.45, 7) is 5.72. The van der Waals surface area contributed by atoms with Crippen molar-refractivity contribution in [3.05, 3.63) is 0 Å². The molecule has 0 atom stereocenters. The van der Waals surface area contributed by atoms with Crippen LogP contribution >= 0.6 is 0 Å². The first-order chi connectivity index (χ1) is 7.31. The predicted octanol–water partition coefficient (Wildman–Crippen LogP) is -0.235. The van der Waals surface area contributed by atoms with Crippen LogP contribution in [0.2, 0.25) is 0 Å². The Morgan fingerprint density at radius 3 is 2.73 bits per heavy atom. The first kappa shape index (κ1) is 14.3. The van der Waals surface area contributed by atoms with Gasteiger partial charge in [0.05, 0.1) is 13.2 Å². The molecular formula is C10H22N2O3. The van der Waals surface area contributed by atoms with Crippen LogP contribution in [0.1, 0.15) is 13.3 Å². The van der Waals surface area contributed by atoms with E-state index in [4.69, 9.17) is 9.47 Å². The van der Waals surface area contributed by atoms with Crippen molar-refractivity contribution < 1.29 is 14.3 Å². The highest BCUT2D eigenvalue weighted by Crippen LogP contribution is 1.79. The summed E-state index contributed by atoms with van der Waals surface area (Å²) < 4.78 is 9.98. The van der Waals surface area contributed by atoms with E-state index in [0.717, 1.165) is 13.0 Å². The zero-order chi connectivity index (χ0) is 11.4. The molecule has 0 bridgehead atoms. The van der Waals surface area contributed by atoms with Gasteiger partial charge in [-0.25, -0.2) is 0 Å². The smallest absolute Gasteiger partial charge is 0.233 e. The maximum atomic E-state index is 11.2. The number of hydrogen-bond acceptors (Lipinski definition) is 4. The van der Waals surface area contributed by atoms with Crippen LogP contribution in [0.25, 0.3) is 0 Å². The molecule has 5 nitrogen and oxygen atoms in total. The van der Waals surface area contributed by atoms with Gasteiger partial charge in [0.25, 0.3) is 0 Å². The van der Waals surface area contributed by atoms with Crippen molar-refractivity contribution in [2.45, 2.75) is 13.3 Å². The number of hydrogen-bond donors (Lipinski definition) is 2. The third-order valence-corrected chi connectivity index (χ3v) is 1.76. The lowest BCUT2D eigenvalue weighted by molar-refractivity contribution is -0.120. The molecule has 0 aromatic rings. The Kier molecular flexibility index (Phi) is 10.9. The van der Waals surface area contributed by atoms with Crippen LogP contribution in [0.15, 0.2) is 0 Å². The fourth-order valence-corrected chi connectivity index (χ4v) is 0.985. The lowest BCUT2D eigenvalue weighted by Gasteiger charge is -2.06. The van der Waals surface area contributed by atoms with Crippen molar-refractivity contribution in [3.63, 3.8) is 0 Å². The van der Waals surface area contributed by atoms with Gasteiger partial charge in [-0.05, 0) is 13.3 Å². The number of nitrogens with one attached hydrogen (secondary N) is 2. The van der Waals surface area contributed by atoms with Crippen LogP contribution in [0.5, 0.6) is 0 Å². The summed E-state index contributed by atoms with van der Waals surface area (Å²) in [4.78, 5) is 11.2. The van der Waals surface area contributed by atoms with E-state index in [1.165, 1.54) is 0 Å². The lowest BCUT2D eigenvalue weighted by Crippen LogP contribution is -2.35. The molecule has 0 aliphatic carbocycles. The van der Waals surface area contributed by atoms with Gasteiger partial charge in [-0.3, -0.25) is 4.79 Å². The first-order valence-electron chi connectivity index (χ1n) is 5.35. The normalized spacial score (nSPS) is 10.3. The highest BCUT2D eigenvalue weighted by Gasteiger charge is 1.98. The molecule has 0 spiro atoms. The Morgan fingerprint density at radius 1 is 1.27 bits per heavy atom. The van der Waals surface area contributed by atoms with Gasteiger partial charge in [-0.2, -0.15) is 0 Å². The van der Waals surface area contributed by atoms with E-state index >= 15 is 0 Å². The topological polar surface area (TPSA) is 59.6 Å². The second-order valence-electron chi connectivity index (χ2n) is 3.07. The fraction of sp³-hybridized carbons (Fsp3) is 0.900. The van der Waals surface area contributed by atoms with Crippen LogP contribution in [0, 0.1) is 0 Å². The SMILES string of the molecule is CCOCCCNC(=O)CNCCOC. The number of methoxy groups -OCH3 is 1. The van der Waals surface area contributed by atoms with Crippen molar-refractivity contribution in [2.75, 3.05) is 46.6 Å². The van der Waals surface area contributed by atoms with Gasteiger partial charge in [0.1, 0.15) is 0 Å². The van der Waals surface area contributed by atoms with Gasteiger partial charge in [-0.15, -0.1) is 0 Å². The van der Waals surface area contributed by atoms with E-state index in [2.05, 4.69) is 10.6 Å². The second kappa shape index (κ2) is 11.4. The summed E-state index contributed by atoms with van der Waals surface area (Å²) in [7, 11) is 1.63. The molecule has 0 aliphatic heterocycles. The summed E-state index contributed by atoms with van der Waals surface area (Å²) in [5, 5.41) is 5.77. The quantitative estimate of drug-likeness (QED) is 0.497. The van der Waals surface area contributed by atoms with Gasteiger partial charge >= 0.3 is 0 Å². The average Bonchev–Trinajstić information content (AvgIpc) is 2.24. The zero-order valence-electron chi connectivity index (χ0n) is 9.67. The van der Waals surface area contributed by atoms with Crippen LogP contribution in [0.4, 0.5) is 0 Å². The Hall–Kier alpha value is -0.650. The van der Waals surface area contributed by atoms with Gasteiger partial charge in [0.15, 0.2) is 0 Å². The van der Waals surface area contributed by atoms with Crippen molar-refractivity contribution in [3.8, 4) is 0 Å². The molecule has 0 aliphatic rings. The molecule has 90 valence electrons. The van der Waals surface area contributed by atoms with Gasteiger partial charge in [0, 0.05) is 33.4 Å². The molecular weight excluding hydrogens is 196 g/mol. The third-order valence-electron chi connectivity index (χ3n) is 1.76. The molecule has 0 unspecified atom stereocenters. The van der Waals surface area contributed by atoms with E-state index in [9.17, 15) is 4.79 Å². The number of rotatable bonds is 10. The molecule has 0 aromatic carbocycles. The molecule has 0 saturated carbocycles. The van der Waals surface area contributed by atoms with E-state index in [1.807, 2.05) is 6.92 Å². The largest absolute Gasteiger partial charge is 0.383 e. The second-order valence-corrected chi connectivity index (χ2v) is 3.07. The summed E-state index contributed by atoms with van der Waals surface area (Å²) in [5.74, 6) is 0.0163. The molecule has 15 heavy (non-hydrogen) atoms. The molecule has 5 heteroatoms. The minimum atomic E-state index is 0.0163. The average molecular weight is 218 g/mol. The van der Waals surface area contributed by atoms with Crippen molar-refractivity contribution in [2.24, 2.45) is 0 Å². The number of carbonyl (C=O) groups excluding carboxylic acids is 1. The Balaban J connectivity index is 3.11. The Labute approximate surface area is 91.5 Å². The van der Waals surface area contributed by atoms with Gasteiger partial charge in [-0.1, -0.05) is 0 Å². The number of carbonyl (C=O) groups is 1. The van der Waals surface area contributed by atoms with Crippen LogP contribution < -0.4 is 10.6 Å². The molecule has 0 fully saturated rings. The standard InChI is InChI=1S/C10H22N2O3/c1-3-15-7-4-5-12-10(13)9-11-6-8-14-2/h11H,3-9H2,1-2H3,(H,12,13). The molecule has 0 aromatic heterocycles. The Morgan fingerprint density at radius 2 is 2.07 bits per heavy atom. The minimum Gasteiger partial charge on any atom is -0.383 e. The monoisotopic (exact) mass is 218 g/mol. The molecule has 1 amide bonds.